The lowest BCUT2D eigenvalue weighted by Gasteiger charge is -2.32. The standard InChI is InChI=1S/C24H26N2O2/c1-28-22-12-5-11-21(15-22)25-24(27)20-10-6-14-26(17-20)16-19-9-4-8-18-7-2-3-13-23(18)19/h2-5,7-9,11-13,15,20H,6,10,14,16-17H2,1H3,(H,25,27). The average molecular weight is 374 g/mol. The fourth-order valence-corrected chi connectivity index (χ4v) is 4.03. The van der Waals surface area contributed by atoms with Gasteiger partial charge in [-0.05, 0) is 47.9 Å². The van der Waals surface area contributed by atoms with E-state index in [0.717, 1.165) is 43.9 Å². The molecule has 3 aromatic rings. The summed E-state index contributed by atoms with van der Waals surface area (Å²) < 4.78 is 5.24. The molecule has 4 rings (SSSR count). The maximum absolute atomic E-state index is 12.8. The van der Waals surface area contributed by atoms with Gasteiger partial charge in [-0.2, -0.15) is 0 Å². The molecule has 1 fully saturated rings. The summed E-state index contributed by atoms with van der Waals surface area (Å²) in [6, 6.07) is 22.5. The fraction of sp³-hybridized carbons (Fsp3) is 0.292. The van der Waals surface area contributed by atoms with Crippen molar-refractivity contribution in [2.24, 2.45) is 5.92 Å². The van der Waals surface area contributed by atoms with Gasteiger partial charge >= 0.3 is 0 Å². The number of fused-ring (bicyclic) bond motifs is 1. The van der Waals surface area contributed by atoms with E-state index in [4.69, 9.17) is 4.74 Å². The van der Waals surface area contributed by atoms with E-state index in [2.05, 4.69) is 52.7 Å². The van der Waals surface area contributed by atoms with Gasteiger partial charge in [0.1, 0.15) is 5.75 Å². The zero-order valence-corrected chi connectivity index (χ0v) is 16.2. The molecule has 0 aliphatic carbocycles. The smallest absolute Gasteiger partial charge is 0.228 e. The molecule has 0 saturated carbocycles. The highest BCUT2D eigenvalue weighted by Crippen LogP contribution is 2.25. The molecule has 0 bridgehead atoms. The van der Waals surface area contributed by atoms with Gasteiger partial charge in [-0.15, -0.1) is 0 Å². The van der Waals surface area contributed by atoms with Gasteiger partial charge in [0.2, 0.25) is 5.91 Å². The van der Waals surface area contributed by atoms with Gasteiger partial charge in [0.15, 0.2) is 0 Å². The molecule has 0 spiro atoms. The molecule has 4 nitrogen and oxygen atoms in total. The van der Waals surface area contributed by atoms with E-state index in [-0.39, 0.29) is 11.8 Å². The Balaban J connectivity index is 1.43. The number of piperidine rings is 1. The minimum absolute atomic E-state index is 0.00919. The van der Waals surface area contributed by atoms with E-state index in [1.165, 1.54) is 16.3 Å². The molecule has 1 aliphatic heterocycles. The lowest BCUT2D eigenvalue weighted by molar-refractivity contribution is -0.121. The molecule has 1 N–H and O–H groups in total. The van der Waals surface area contributed by atoms with E-state index >= 15 is 0 Å². The Morgan fingerprint density at radius 1 is 1.11 bits per heavy atom. The number of rotatable bonds is 5. The van der Waals surface area contributed by atoms with Crippen molar-refractivity contribution >= 4 is 22.4 Å². The van der Waals surface area contributed by atoms with Crippen LogP contribution >= 0.6 is 0 Å². The number of anilines is 1. The molecule has 1 amide bonds. The molecule has 144 valence electrons. The average Bonchev–Trinajstić information content (AvgIpc) is 2.74. The third kappa shape index (κ3) is 4.18. The lowest BCUT2D eigenvalue weighted by atomic mass is 9.96. The van der Waals surface area contributed by atoms with Crippen LogP contribution in [0.25, 0.3) is 10.8 Å². The summed E-state index contributed by atoms with van der Waals surface area (Å²) in [5.41, 5.74) is 2.11. The first-order valence-electron chi connectivity index (χ1n) is 9.87. The Labute approximate surface area is 166 Å². The molecule has 1 unspecified atom stereocenters. The number of carbonyl (C=O) groups excluding carboxylic acids is 1. The summed E-state index contributed by atoms with van der Waals surface area (Å²) in [4.78, 5) is 15.2. The molecule has 1 atom stereocenters. The second kappa shape index (κ2) is 8.44. The predicted octanol–water partition coefficient (Wildman–Crippen LogP) is 4.70. The van der Waals surface area contributed by atoms with Crippen LogP contribution in [0, 0.1) is 5.92 Å². The Bertz CT molecular complexity index is 964. The first-order valence-corrected chi connectivity index (χ1v) is 9.87. The van der Waals surface area contributed by atoms with Crippen LogP contribution in [0.4, 0.5) is 5.69 Å². The fourth-order valence-electron chi connectivity index (χ4n) is 4.03. The van der Waals surface area contributed by atoms with Gasteiger partial charge in [0, 0.05) is 24.8 Å². The first-order chi connectivity index (χ1) is 13.7. The van der Waals surface area contributed by atoms with E-state index in [9.17, 15) is 4.79 Å². The predicted molar refractivity (Wildman–Crippen MR) is 114 cm³/mol. The number of likely N-dealkylation sites (tertiary alicyclic amines) is 1. The molecule has 3 aromatic carbocycles. The number of ether oxygens (including phenoxy) is 1. The van der Waals surface area contributed by atoms with Crippen LogP contribution in [0.15, 0.2) is 66.7 Å². The highest BCUT2D eigenvalue weighted by Gasteiger charge is 2.26. The molecule has 1 aliphatic rings. The second-order valence-corrected chi connectivity index (χ2v) is 7.43. The molecule has 1 saturated heterocycles. The van der Waals surface area contributed by atoms with Crippen molar-refractivity contribution in [1.29, 1.82) is 0 Å². The zero-order chi connectivity index (χ0) is 19.3. The largest absolute Gasteiger partial charge is 0.497 e. The Morgan fingerprint density at radius 2 is 1.93 bits per heavy atom. The number of hydrogen-bond donors (Lipinski definition) is 1. The Morgan fingerprint density at radius 3 is 2.82 bits per heavy atom. The highest BCUT2D eigenvalue weighted by molar-refractivity contribution is 5.93. The van der Waals surface area contributed by atoms with Crippen molar-refractivity contribution in [3.8, 4) is 5.75 Å². The molecule has 28 heavy (non-hydrogen) atoms. The maximum atomic E-state index is 12.8. The van der Waals surface area contributed by atoms with Crippen LogP contribution in [0.3, 0.4) is 0 Å². The summed E-state index contributed by atoms with van der Waals surface area (Å²) in [6.07, 6.45) is 1.98. The molecule has 0 aromatic heterocycles. The summed E-state index contributed by atoms with van der Waals surface area (Å²) >= 11 is 0. The van der Waals surface area contributed by atoms with E-state index in [1.807, 2.05) is 24.3 Å². The molecule has 4 heteroatoms. The summed E-state index contributed by atoms with van der Waals surface area (Å²) in [5, 5.41) is 5.62. The van der Waals surface area contributed by atoms with Crippen LogP contribution in [0.2, 0.25) is 0 Å². The van der Waals surface area contributed by atoms with Gasteiger partial charge in [-0.25, -0.2) is 0 Å². The normalized spacial score (nSPS) is 17.4. The topological polar surface area (TPSA) is 41.6 Å². The van der Waals surface area contributed by atoms with Crippen molar-refractivity contribution in [2.45, 2.75) is 19.4 Å². The monoisotopic (exact) mass is 374 g/mol. The minimum atomic E-state index is 0.00919. The van der Waals surface area contributed by atoms with E-state index in [1.54, 1.807) is 7.11 Å². The maximum Gasteiger partial charge on any atom is 0.228 e. The zero-order valence-electron chi connectivity index (χ0n) is 16.2. The van der Waals surface area contributed by atoms with Gasteiger partial charge in [-0.1, -0.05) is 48.5 Å². The second-order valence-electron chi connectivity index (χ2n) is 7.43. The Hall–Kier alpha value is -2.85. The number of benzene rings is 3. The van der Waals surface area contributed by atoms with Crippen molar-refractivity contribution < 1.29 is 9.53 Å². The summed E-state index contributed by atoms with van der Waals surface area (Å²) in [7, 11) is 1.63. The molecule has 0 radical (unpaired) electrons. The van der Waals surface area contributed by atoms with Crippen molar-refractivity contribution in [1.82, 2.24) is 4.90 Å². The number of nitrogens with zero attached hydrogens (tertiary/aromatic N) is 1. The first kappa shape index (κ1) is 18.5. The molecular formula is C24H26N2O2. The molecular weight excluding hydrogens is 348 g/mol. The van der Waals surface area contributed by atoms with Gasteiger partial charge in [0.25, 0.3) is 0 Å². The van der Waals surface area contributed by atoms with Gasteiger partial charge in [-0.3, -0.25) is 9.69 Å². The number of methoxy groups -OCH3 is 1. The van der Waals surface area contributed by atoms with Gasteiger partial charge < -0.3 is 10.1 Å². The van der Waals surface area contributed by atoms with Crippen molar-refractivity contribution in [2.75, 3.05) is 25.5 Å². The Kier molecular flexibility index (Phi) is 5.58. The van der Waals surface area contributed by atoms with Crippen LogP contribution in [-0.4, -0.2) is 31.0 Å². The van der Waals surface area contributed by atoms with Crippen molar-refractivity contribution in [3.63, 3.8) is 0 Å². The van der Waals surface area contributed by atoms with Gasteiger partial charge in [0.05, 0.1) is 13.0 Å². The lowest BCUT2D eigenvalue weighted by Crippen LogP contribution is -2.40. The van der Waals surface area contributed by atoms with Crippen LogP contribution in [0.1, 0.15) is 18.4 Å². The number of hydrogen-bond acceptors (Lipinski definition) is 3. The third-order valence-electron chi connectivity index (χ3n) is 5.49. The highest BCUT2D eigenvalue weighted by atomic mass is 16.5. The van der Waals surface area contributed by atoms with Crippen LogP contribution in [-0.2, 0) is 11.3 Å². The van der Waals surface area contributed by atoms with E-state index < -0.39 is 0 Å². The van der Waals surface area contributed by atoms with Crippen LogP contribution < -0.4 is 10.1 Å². The number of nitrogens with one attached hydrogen (secondary N) is 1. The van der Waals surface area contributed by atoms with Crippen LogP contribution in [0.5, 0.6) is 5.75 Å². The number of amides is 1. The number of carbonyl (C=O) groups is 1. The van der Waals surface area contributed by atoms with Crippen molar-refractivity contribution in [3.05, 3.63) is 72.3 Å². The minimum Gasteiger partial charge on any atom is -0.497 e. The third-order valence-corrected chi connectivity index (χ3v) is 5.49. The summed E-state index contributed by atoms with van der Waals surface area (Å²) in [6.45, 7) is 2.70. The summed E-state index contributed by atoms with van der Waals surface area (Å²) in [5.74, 6) is 0.852. The SMILES string of the molecule is COc1cccc(NC(=O)C2CCCN(Cc3cccc4ccccc34)C2)c1. The quantitative estimate of drug-likeness (QED) is 0.704. The molecule has 1 heterocycles. The van der Waals surface area contributed by atoms with E-state index in [0.29, 0.717) is 0 Å².